The average Bonchev–Trinajstić information content (AvgIpc) is 3.27. The van der Waals surface area contributed by atoms with Crippen molar-refractivity contribution in [1.29, 1.82) is 0 Å². The Bertz CT molecular complexity index is 1350. The number of carbonyl (C=O) groups is 3. The third-order valence-electron chi connectivity index (χ3n) is 9.85. The number of allylic oxidation sites excluding steroid dienone is 20. The van der Waals surface area contributed by atoms with Crippen LogP contribution in [0.4, 0.5) is 0 Å². The largest absolute Gasteiger partial charge is 0.462 e. The third kappa shape index (κ3) is 46.9. The van der Waals surface area contributed by atoms with Crippen LogP contribution in [0.3, 0.4) is 0 Å². The minimum Gasteiger partial charge on any atom is -0.462 e. The van der Waals surface area contributed by atoms with Gasteiger partial charge in [-0.3, -0.25) is 14.4 Å². The zero-order valence-corrected chi connectivity index (χ0v) is 39.6. The fourth-order valence-corrected chi connectivity index (χ4v) is 6.23. The molecule has 348 valence electrons. The van der Waals surface area contributed by atoms with Gasteiger partial charge in [0.2, 0.25) is 0 Å². The van der Waals surface area contributed by atoms with Crippen LogP contribution in [-0.2, 0) is 28.6 Å². The Morgan fingerprint density at radius 3 is 1.10 bits per heavy atom. The molecule has 0 fully saturated rings. The quantitative estimate of drug-likeness (QED) is 0.0200. The van der Waals surface area contributed by atoms with E-state index in [1.54, 1.807) is 0 Å². The minimum atomic E-state index is -0.807. The Hall–Kier alpha value is -4.19. The van der Waals surface area contributed by atoms with Crippen LogP contribution < -0.4 is 0 Å². The van der Waals surface area contributed by atoms with E-state index in [0.717, 1.165) is 141 Å². The van der Waals surface area contributed by atoms with E-state index in [1.807, 2.05) is 30.4 Å². The highest BCUT2D eigenvalue weighted by molar-refractivity contribution is 5.71. The Morgan fingerprint density at radius 2 is 0.661 bits per heavy atom. The van der Waals surface area contributed by atoms with Crippen LogP contribution in [0.1, 0.15) is 194 Å². The molecule has 0 saturated carbocycles. The topological polar surface area (TPSA) is 78.9 Å². The molecule has 0 heterocycles. The second-order valence-electron chi connectivity index (χ2n) is 15.7. The molecule has 0 aliphatic heterocycles. The first-order valence-corrected chi connectivity index (χ1v) is 24.6. The van der Waals surface area contributed by atoms with E-state index in [2.05, 4.69) is 112 Å². The smallest absolute Gasteiger partial charge is 0.306 e. The van der Waals surface area contributed by atoms with Gasteiger partial charge in [-0.05, 0) is 89.9 Å². The lowest BCUT2D eigenvalue weighted by Gasteiger charge is -2.18. The van der Waals surface area contributed by atoms with Crippen LogP contribution in [0.15, 0.2) is 122 Å². The molecule has 0 aliphatic rings. The standard InChI is InChI=1S/C56H88O6/c1-4-7-10-13-16-19-22-25-27-29-31-34-37-40-43-46-49-55(58)61-52-53(51-60-54(57)48-45-42-39-36-33-30-24-21-18-15-12-9-6-3)62-56(59)50-47-44-41-38-35-32-28-26-23-20-17-14-11-8-5-2/h7-12,14-21,23-28,53H,4-6,13,22,29-52H2,1-3H3/b10-7-,11-8-,12-9-,17-14-,18-15-,19-16-,23-20-,24-21-,27-25-,28-26-. The first kappa shape index (κ1) is 57.8. The second kappa shape index (κ2) is 49.5. The summed E-state index contributed by atoms with van der Waals surface area (Å²) in [6.07, 6.45) is 67.5. The molecule has 0 spiro atoms. The maximum absolute atomic E-state index is 12.8. The normalized spacial score (nSPS) is 13.1. The van der Waals surface area contributed by atoms with Crippen molar-refractivity contribution in [3.8, 4) is 0 Å². The molecule has 6 heteroatoms. The summed E-state index contributed by atoms with van der Waals surface area (Å²) in [5, 5.41) is 0. The first-order valence-electron chi connectivity index (χ1n) is 24.6. The van der Waals surface area contributed by atoms with Crippen LogP contribution in [0, 0.1) is 0 Å². The molecule has 0 rings (SSSR count). The van der Waals surface area contributed by atoms with Gasteiger partial charge in [0.15, 0.2) is 6.10 Å². The molecule has 0 aliphatic carbocycles. The summed E-state index contributed by atoms with van der Waals surface area (Å²) in [6, 6.07) is 0. The SMILES string of the molecule is CC\C=C/C=C\C=C/C=C\CCCCCCCC(=O)OC(COC(=O)CCCCCCC\C=C/C=C\C=C/CC)COC(=O)CCCCCCCC/C=C\C/C=C\C/C=C\CC. The highest BCUT2D eigenvalue weighted by atomic mass is 16.6. The molecule has 0 saturated heterocycles. The van der Waals surface area contributed by atoms with Crippen molar-refractivity contribution in [2.75, 3.05) is 13.2 Å². The summed E-state index contributed by atoms with van der Waals surface area (Å²) in [5.74, 6) is -0.972. The van der Waals surface area contributed by atoms with Gasteiger partial charge in [-0.25, -0.2) is 0 Å². The minimum absolute atomic E-state index is 0.106. The molecule has 6 nitrogen and oxygen atoms in total. The summed E-state index contributed by atoms with van der Waals surface area (Å²) < 4.78 is 16.7. The van der Waals surface area contributed by atoms with Gasteiger partial charge < -0.3 is 14.2 Å². The maximum atomic E-state index is 12.8. The van der Waals surface area contributed by atoms with E-state index in [9.17, 15) is 14.4 Å². The fourth-order valence-electron chi connectivity index (χ4n) is 6.23. The van der Waals surface area contributed by atoms with Crippen LogP contribution in [0.5, 0.6) is 0 Å². The van der Waals surface area contributed by atoms with Crippen LogP contribution >= 0.6 is 0 Å². The number of esters is 3. The Morgan fingerprint density at radius 1 is 0.339 bits per heavy atom. The van der Waals surface area contributed by atoms with E-state index in [0.29, 0.717) is 12.8 Å². The van der Waals surface area contributed by atoms with Gasteiger partial charge in [0.1, 0.15) is 13.2 Å². The molecule has 1 atom stereocenters. The van der Waals surface area contributed by atoms with Crippen LogP contribution in [0.2, 0.25) is 0 Å². The lowest BCUT2D eigenvalue weighted by molar-refractivity contribution is -0.167. The predicted molar refractivity (Wildman–Crippen MR) is 265 cm³/mol. The maximum Gasteiger partial charge on any atom is 0.306 e. The van der Waals surface area contributed by atoms with E-state index >= 15 is 0 Å². The predicted octanol–water partition coefficient (Wildman–Crippen LogP) is 16.1. The lowest BCUT2D eigenvalue weighted by Crippen LogP contribution is -2.30. The molecule has 0 aromatic heterocycles. The zero-order chi connectivity index (χ0) is 45.1. The van der Waals surface area contributed by atoms with E-state index in [4.69, 9.17) is 14.2 Å². The Balaban J connectivity index is 4.50. The van der Waals surface area contributed by atoms with Gasteiger partial charge in [-0.1, -0.05) is 206 Å². The van der Waals surface area contributed by atoms with Crippen molar-refractivity contribution < 1.29 is 28.6 Å². The highest BCUT2D eigenvalue weighted by Gasteiger charge is 2.19. The van der Waals surface area contributed by atoms with Crippen molar-refractivity contribution in [3.63, 3.8) is 0 Å². The van der Waals surface area contributed by atoms with Gasteiger partial charge in [0, 0.05) is 19.3 Å². The number of unbranched alkanes of at least 4 members (excludes halogenated alkanes) is 16. The molecule has 0 bridgehead atoms. The third-order valence-corrected chi connectivity index (χ3v) is 9.85. The molecular formula is C56H88O6. The summed E-state index contributed by atoms with van der Waals surface area (Å²) in [7, 11) is 0. The summed E-state index contributed by atoms with van der Waals surface area (Å²) >= 11 is 0. The molecular weight excluding hydrogens is 769 g/mol. The van der Waals surface area contributed by atoms with Crippen molar-refractivity contribution in [2.24, 2.45) is 0 Å². The summed E-state index contributed by atoms with van der Waals surface area (Å²) in [4.78, 5) is 37.9. The van der Waals surface area contributed by atoms with Gasteiger partial charge in [-0.2, -0.15) is 0 Å². The Labute approximate surface area is 380 Å². The van der Waals surface area contributed by atoms with Crippen LogP contribution in [0.25, 0.3) is 0 Å². The van der Waals surface area contributed by atoms with Gasteiger partial charge >= 0.3 is 17.9 Å². The van der Waals surface area contributed by atoms with Crippen molar-refractivity contribution in [2.45, 2.75) is 200 Å². The van der Waals surface area contributed by atoms with Crippen LogP contribution in [-0.4, -0.2) is 37.2 Å². The van der Waals surface area contributed by atoms with E-state index in [1.165, 1.54) is 12.8 Å². The number of rotatable bonds is 42. The van der Waals surface area contributed by atoms with Crippen molar-refractivity contribution in [3.05, 3.63) is 122 Å². The Kier molecular flexibility index (Phi) is 46.1. The molecule has 0 aromatic carbocycles. The summed E-state index contributed by atoms with van der Waals surface area (Å²) in [5.41, 5.74) is 0. The molecule has 0 N–H and O–H groups in total. The molecule has 62 heavy (non-hydrogen) atoms. The monoisotopic (exact) mass is 857 g/mol. The number of hydrogen-bond acceptors (Lipinski definition) is 6. The summed E-state index contributed by atoms with van der Waals surface area (Å²) in [6.45, 7) is 6.18. The van der Waals surface area contributed by atoms with Gasteiger partial charge in [0.05, 0.1) is 0 Å². The molecule has 0 aromatic rings. The van der Waals surface area contributed by atoms with E-state index in [-0.39, 0.29) is 37.5 Å². The molecule has 1 unspecified atom stereocenters. The zero-order valence-electron chi connectivity index (χ0n) is 39.6. The molecule has 0 amide bonds. The highest BCUT2D eigenvalue weighted by Crippen LogP contribution is 2.13. The van der Waals surface area contributed by atoms with Crippen molar-refractivity contribution in [1.82, 2.24) is 0 Å². The fraction of sp³-hybridized carbons (Fsp3) is 0.589. The first-order chi connectivity index (χ1) is 30.5. The lowest BCUT2D eigenvalue weighted by atomic mass is 10.1. The van der Waals surface area contributed by atoms with Gasteiger partial charge in [-0.15, -0.1) is 0 Å². The molecule has 0 radical (unpaired) electrons. The number of carbonyl (C=O) groups excluding carboxylic acids is 3. The van der Waals surface area contributed by atoms with E-state index < -0.39 is 6.10 Å². The number of hydrogen-bond donors (Lipinski definition) is 0. The van der Waals surface area contributed by atoms with Crippen molar-refractivity contribution >= 4 is 17.9 Å². The second-order valence-corrected chi connectivity index (χ2v) is 15.7. The van der Waals surface area contributed by atoms with Gasteiger partial charge in [0.25, 0.3) is 0 Å². The average molecular weight is 857 g/mol. The number of ether oxygens (including phenoxy) is 3.